The third kappa shape index (κ3) is 5.68. The lowest BCUT2D eigenvalue weighted by Gasteiger charge is -2.33. The lowest BCUT2D eigenvalue weighted by Crippen LogP contribution is -2.44. The fourth-order valence-electron chi connectivity index (χ4n) is 2.93. The second-order valence-corrected chi connectivity index (χ2v) is 8.74. The van der Waals surface area contributed by atoms with Crippen molar-refractivity contribution in [2.45, 2.75) is 36.6 Å². The van der Waals surface area contributed by atoms with Crippen molar-refractivity contribution in [1.82, 2.24) is 9.62 Å². The average Bonchev–Trinajstić information content (AvgIpc) is 2.54. The van der Waals surface area contributed by atoms with Crippen LogP contribution in [0.25, 0.3) is 0 Å². The first-order valence-corrected chi connectivity index (χ1v) is 11.1. The molecule has 2 rings (SSSR count). The lowest BCUT2D eigenvalue weighted by molar-refractivity contribution is 0.235. The highest BCUT2D eigenvalue weighted by Gasteiger charge is 2.28. The quantitative estimate of drug-likeness (QED) is 0.754. The number of benzene rings is 1. The van der Waals surface area contributed by atoms with Crippen molar-refractivity contribution in [3.8, 4) is 0 Å². The number of carbonyl (C=O) groups is 1. The average molecular weight is 372 g/mol. The van der Waals surface area contributed by atoms with Crippen molar-refractivity contribution in [2.24, 2.45) is 0 Å². The Bertz CT molecular complexity index is 664. The van der Waals surface area contributed by atoms with E-state index in [1.807, 2.05) is 30.5 Å². The van der Waals surface area contributed by atoms with Gasteiger partial charge in [-0.15, -0.1) is 11.8 Å². The first-order valence-electron chi connectivity index (χ1n) is 8.06. The summed E-state index contributed by atoms with van der Waals surface area (Å²) in [6, 6.07) is 7.34. The monoisotopic (exact) mass is 371 g/mol. The Balaban J connectivity index is 1.81. The van der Waals surface area contributed by atoms with Gasteiger partial charge in [-0.3, -0.25) is 0 Å². The summed E-state index contributed by atoms with van der Waals surface area (Å²) in [4.78, 5) is 13.1. The molecule has 0 aliphatic carbocycles. The summed E-state index contributed by atoms with van der Waals surface area (Å²) in [7, 11) is -3.18. The molecule has 24 heavy (non-hydrogen) atoms. The fraction of sp³-hybridized carbons (Fsp3) is 0.562. The molecular formula is C16H25N3O3S2. The molecule has 0 radical (unpaired) electrons. The minimum absolute atomic E-state index is 0.0196. The molecule has 1 saturated heterocycles. The normalized spacial score (nSPS) is 19.0. The van der Waals surface area contributed by atoms with Crippen LogP contribution in [0.4, 0.5) is 10.5 Å². The molecule has 0 spiro atoms. The summed E-state index contributed by atoms with van der Waals surface area (Å²) in [5.41, 5.74) is 0.745. The van der Waals surface area contributed by atoms with Crippen molar-refractivity contribution >= 4 is 33.5 Å². The Labute approximate surface area is 148 Å². The number of sulfonamides is 1. The molecule has 0 saturated carbocycles. The number of hydrogen-bond donors (Lipinski definition) is 2. The smallest absolute Gasteiger partial charge is 0.319 e. The minimum atomic E-state index is -3.18. The van der Waals surface area contributed by atoms with Crippen molar-refractivity contribution in [2.75, 3.05) is 30.9 Å². The number of hydrogen-bond acceptors (Lipinski definition) is 4. The van der Waals surface area contributed by atoms with Crippen LogP contribution in [0.2, 0.25) is 0 Å². The number of carbonyl (C=O) groups excluding carboxylic acids is 1. The van der Waals surface area contributed by atoms with Gasteiger partial charge < -0.3 is 10.6 Å². The van der Waals surface area contributed by atoms with E-state index < -0.39 is 10.0 Å². The van der Waals surface area contributed by atoms with Gasteiger partial charge in [0, 0.05) is 29.7 Å². The van der Waals surface area contributed by atoms with Gasteiger partial charge in [-0.1, -0.05) is 12.5 Å². The summed E-state index contributed by atoms with van der Waals surface area (Å²) in [6.45, 7) is 1.03. The maximum atomic E-state index is 12.0. The number of rotatable bonds is 6. The molecule has 8 heteroatoms. The third-order valence-electron chi connectivity index (χ3n) is 4.09. The summed E-state index contributed by atoms with van der Waals surface area (Å²) >= 11 is 1.62. The first kappa shape index (κ1) is 19.1. The molecule has 0 unspecified atom stereocenters. The van der Waals surface area contributed by atoms with Crippen LogP contribution in [0.15, 0.2) is 29.2 Å². The molecule has 1 fully saturated rings. The molecule has 0 aromatic heterocycles. The van der Waals surface area contributed by atoms with E-state index in [1.165, 1.54) is 6.26 Å². The molecule has 0 bridgehead atoms. The minimum Gasteiger partial charge on any atom is -0.338 e. The molecule has 134 valence electrons. The molecule has 1 aromatic rings. The maximum Gasteiger partial charge on any atom is 0.319 e. The second-order valence-electron chi connectivity index (χ2n) is 5.92. The predicted octanol–water partition coefficient (Wildman–Crippen LogP) is 2.73. The highest BCUT2D eigenvalue weighted by atomic mass is 32.2. The van der Waals surface area contributed by atoms with Crippen LogP contribution in [-0.2, 0) is 10.0 Å². The topological polar surface area (TPSA) is 78.5 Å². The number of piperidine rings is 1. The number of anilines is 1. The zero-order valence-corrected chi connectivity index (χ0v) is 15.8. The highest BCUT2D eigenvalue weighted by molar-refractivity contribution is 7.98. The van der Waals surface area contributed by atoms with E-state index in [1.54, 1.807) is 16.1 Å². The van der Waals surface area contributed by atoms with Crippen LogP contribution in [0.3, 0.4) is 0 Å². The van der Waals surface area contributed by atoms with Gasteiger partial charge in [-0.05, 0) is 43.7 Å². The van der Waals surface area contributed by atoms with Crippen LogP contribution in [0, 0.1) is 0 Å². The van der Waals surface area contributed by atoms with Crippen LogP contribution in [0.5, 0.6) is 0 Å². The van der Waals surface area contributed by atoms with E-state index in [0.717, 1.165) is 29.8 Å². The van der Waals surface area contributed by atoms with Gasteiger partial charge in [-0.25, -0.2) is 13.2 Å². The van der Waals surface area contributed by atoms with Crippen LogP contribution >= 0.6 is 11.8 Å². The van der Waals surface area contributed by atoms with E-state index in [-0.39, 0.29) is 12.1 Å². The summed E-state index contributed by atoms with van der Waals surface area (Å²) in [6.07, 6.45) is 6.66. The maximum absolute atomic E-state index is 12.0. The number of thioether (sulfide) groups is 1. The number of amides is 2. The van der Waals surface area contributed by atoms with Gasteiger partial charge >= 0.3 is 6.03 Å². The van der Waals surface area contributed by atoms with Gasteiger partial charge in [-0.2, -0.15) is 4.31 Å². The Kier molecular flexibility index (Phi) is 6.94. The zero-order valence-electron chi connectivity index (χ0n) is 14.1. The van der Waals surface area contributed by atoms with E-state index in [9.17, 15) is 13.2 Å². The van der Waals surface area contributed by atoms with Gasteiger partial charge in [0.25, 0.3) is 0 Å². The highest BCUT2D eigenvalue weighted by Crippen LogP contribution is 2.22. The van der Waals surface area contributed by atoms with Crippen molar-refractivity contribution in [3.05, 3.63) is 24.3 Å². The number of nitrogens with zero attached hydrogens (tertiary/aromatic N) is 1. The van der Waals surface area contributed by atoms with E-state index in [4.69, 9.17) is 0 Å². The van der Waals surface area contributed by atoms with E-state index >= 15 is 0 Å². The van der Waals surface area contributed by atoms with E-state index in [2.05, 4.69) is 10.6 Å². The Hall–Kier alpha value is -1.25. The first-order chi connectivity index (χ1) is 11.4. The van der Waals surface area contributed by atoms with Gasteiger partial charge in [0.1, 0.15) is 0 Å². The van der Waals surface area contributed by atoms with Crippen LogP contribution < -0.4 is 10.6 Å². The van der Waals surface area contributed by atoms with Gasteiger partial charge in [0.05, 0.1) is 6.26 Å². The molecule has 1 heterocycles. The Morgan fingerprint density at radius 3 is 2.88 bits per heavy atom. The predicted molar refractivity (Wildman–Crippen MR) is 99.1 cm³/mol. The Morgan fingerprint density at radius 1 is 1.38 bits per heavy atom. The molecule has 6 nitrogen and oxygen atoms in total. The van der Waals surface area contributed by atoms with Gasteiger partial charge in [0.15, 0.2) is 0 Å². The number of urea groups is 1. The fourth-order valence-corrected chi connectivity index (χ4v) is 4.60. The van der Waals surface area contributed by atoms with Crippen LogP contribution in [-0.4, -0.2) is 50.4 Å². The Morgan fingerprint density at radius 2 is 2.17 bits per heavy atom. The third-order valence-corrected chi connectivity index (χ3v) is 6.15. The molecule has 1 aromatic carbocycles. The lowest BCUT2D eigenvalue weighted by atomic mass is 10.0. The van der Waals surface area contributed by atoms with Crippen molar-refractivity contribution < 1.29 is 13.2 Å². The summed E-state index contributed by atoms with van der Waals surface area (Å²) < 4.78 is 25.2. The SMILES string of the molecule is CSc1cccc(NC(=O)NCC[C@H]2CCCCN2S(C)(=O)=O)c1. The summed E-state index contributed by atoms with van der Waals surface area (Å²) in [5.74, 6) is 0. The van der Waals surface area contributed by atoms with Crippen molar-refractivity contribution in [1.29, 1.82) is 0 Å². The molecule has 2 N–H and O–H groups in total. The molecular weight excluding hydrogens is 346 g/mol. The van der Waals surface area contributed by atoms with E-state index in [0.29, 0.717) is 19.5 Å². The molecule has 1 aliphatic heterocycles. The molecule has 2 amide bonds. The standard InChI is InChI=1S/C16H25N3O3S2/c1-23-15-8-5-6-13(12-15)18-16(20)17-10-9-14-7-3-4-11-19(14)24(2,21)22/h5-6,8,12,14H,3-4,7,9-11H2,1-2H3,(H2,17,18,20)/t14-/m1/s1. The van der Waals surface area contributed by atoms with Crippen LogP contribution in [0.1, 0.15) is 25.7 Å². The second kappa shape index (κ2) is 8.73. The largest absolute Gasteiger partial charge is 0.338 e. The summed E-state index contributed by atoms with van der Waals surface area (Å²) in [5, 5.41) is 5.61. The zero-order chi connectivity index (χ0) is 17.6. The molecule has 1 aliphatic rings. The molecule has 1 atom stereocenters. The number of nitrogens with one attached hydrogen (secondary N) is 2. The van der Waals surface area contributed by atoms with Gasteiger partial charge in [0.2, 0.25) is 10.0 Å². The van der Waals surface area contributed by atoms with Crippen molar-refractivity contribution in [3.63, 3.8) is 0 Å².